The van der Waals surface area contributed by atoms with Crippen LogP contribution in [-0.2, 0) is 6.54 Å². The highest BCUT2D eigenvalue weighted by Crippen LogP contribution is 2.35. The molecule has 1 unspecified atom stereocenters. The summed E-state index contributed by atoms with van der Waals surface area (Å²) < 4.78 is 74.7. The second kappa shape index (κ2) is 8.67. The largest absolute Gasteiger partial charge is 0.482 e. The van der Waals surface area contributed by atoms with E-state index < -0.39 is 42.5 Å². The highest BCUT2D eigenvalue weighted by Gasteiger charge is 2.50. The molecule has 1 atom stereocenters. The van der Waals surface area contributed by atoms with Crippen molar-refractivity contribution in [2.24, 2.45) is 0 Å². The molecular formula is C22H18F5N7O3. The van der Waals surface area contributed by atoms with Crippen molar-refractivity contribution in [3.05, 3.63) is 63.3 Å². The molecule has 1 fully saturated rings. The van der Waals surface area contributed by atoms with Gasteiger partial charge in [-0.15, -0.1) is 0 Å². The highest BCUT2D eigenvalue weighted by molar-refractivity contribution is 5.80. The predicted octanol–water partition coefficient (Wildman–Crippen LogP) is 2.64. The molecule has 194 valence electrons. The van der Waals surface area contributed by atoms with E-state index in [4.69, 9.17) is 4.74 Å². The van der Waals surface area contributed by atoms with E-state index in [2.05, 4.69) is 25.0 Å². The van der Waals surface area contributed by atoms with Crippen molar-refractivity contribution in [1.82, 2.24) is 29.7 Å². The SMILES string of the molecule is Cc1nc(-c2c[nH]c(=O)[nH]c2=O)cc(N2CC(Oc3ccc4cnn(CC(F)(F)F)c4c3)C(F)(F)C2)n1. The van der Waals surface area contributed by atoms with Gasteiger partial charge in [0.15, 0.2) is 6.10 Å². The summed E-state index contributed by atoms with van der Waals surface area (Å²) in [5.74, 6) is -3.07. The van der Waals surface area contributed by atoms with Gasteiger partial charge in [-0.05, 0) is 19.1 Å². The van der Waals surface area contributed by atoms with Gasteiger partial charge in [-0.25, -0.2) is 23.5 Å². The van der Waals surface area contributed by atoms with Crippen LogP contribution in [0.15, 0.2) is 46.2 Å². The first-order chi connectivity index (χ1) is 17.4. The summed E-state index contributed by atoms with van der Waals surface area (Å²) in [4.78, 5) is 37.5. The molecule has 4 aromatic rings. The van der Waals surface area contributed by atoms with Crippen molar-refractivity contribution in [3.8, 4) is 17.0 Å². The minimum Gasteiger partial charge on any atom is -0.482 e. The van der Waals surface area contributed by atoms with Crippen LogP contribution < -0.4 is 20.9 Å². The third kappa shape index (κ3) is 5.01. The number of hydrogen-bond acceptors (Lipinski definition) is 7. The fourth-order valence-corrected chi connectivity index (χ4v) is 4.09. The molecule has 0 bridgehead atoms. The van der Waals surface area contributed by atoms with Crippen LogP contribution in [0.1, 0.15) is 5.82 Å². The second-order valence-corrected chi connectivity index (χ2v) is 8.53. The van der Waals surface area contributed by atoms with Gasteiger partial charge in [-0.1, -0.05) is 0 Å². The number of nitrogens with zero attached hydrogens (tertiary/aromatic N) is 5. The minimum absolute atomic E-state index is 0.0221. The summed E-state index contributed by atoms with van der Waals surface area (Å²) in [5.41, 5.74) is -1.18. The van der Waals surface area contributed by atoms with Crippen LogP contribution in [-0.4, -0.2) is 61.0 Å². The van der Waals surface area contributed by atoms with E-state index in [9.17, 15) is 31.5 Å². The zero-order chi connectivity index (χ0) is 26.5. The monoisotopic (exact) mass is 523 g/mol. The third-order valence-corrected chi connectivity index (χ3v) is 5.73. The van der Waals surface area contributed by atoms with Gasteiger partial charge in [-0.3, -0.25) is 14.5 Å². The Morgan fingerprint density at radius 3 is 2.70 bits per heavy atom. The molecule has 15 heteroatoms. The third-order valence-electron chi connectivity index (χ3n) is 5.73. The number of ether oxygens (including phenoxy) is 1. The molecule has 1 aromatic carbocycles. The van der Waals surface area contributed by atoms with Gasteiger partial charge >= 0.3 is 17.8 Å². The van der Waals surface area contributed by atoms with E-state index in [0.717, 1.165) is 10.9 Å². The summed E-state index contributed by atoms with van der Waals surface area (Å²) in [5, 5.41) is 4.11. The maximum absolute atomic E-state index is 14.9. The van der Waals surface area contributed by atoms with Crippen molar-refractivity contribution < 1.29 is 26.7 Å². The molecule has 5 rings (SSSR count). The lowest BCUT2D eigenvalue weighted by Gasteiger charge is -2.19. The lowest BCUT2D eigenvalue weighted by atomic mass is 10.2. The van der Waals surface area contributed by atoms with Crippen molar-refractivity contribution in [1.29, 1.82) is 0 Å². The van der Waals surface area contributed by atoms with Gasteiger partial charge in [0, 0.05) is 23.7 Å². The molecule has 4 heterocycles. The Morgan fingerprint density at radius 2 is 1.97 bits per heavy atom. The Hall–Kier alpha value is -4.30. The van der Waals surface area contributed by atoms with Crippen molar-refractivity contribution >= 4 is 16.7 Å². The van der Waals surface area contributed by atoms with E-state index in [0.29, 0.717) is 5.39 Å². The van der Waals surface area contributed by atoms with Gasteiger partial charge < -0.3 is 14.6 Å². The van der Waals surface area contributed by atoms with Crippen LogP contribution in [0.2, 0.25) is 0 Å². The maximum Gasteiger partial charge on any atom is 0.408 e. The van der Waals surface area contributed by atoms with Crippen molar-refractivity contribution in [3.63, 3.8) is 0 Å². The number of anilines is 1. The first-order valence-corrected chi connectivity index (χ1v) is 10.9. The fourth-order valence-electron chi connectivity index (χ4n) is 4.09. The molecule has 1 aliphatic rings. The number of nitrogens with one attached hydrogen (secondary N) is 2. The Bertz CT molecular complexity index is 1590. The predicted molar refractivity (Wildman–Crippen MR) is 121 cm³/mol. The molecule has 37 heavy (non-hydrogen) atoms. The first kappa shape index (κ1) is 24.4. The summed E-state index contributed by atoms with van der Waals surface area (Å²) >= 11 is 0. The molecule has 0 radical (unpaired) electrons. The van der Waals surface area contributed by atoms with Gasteiger partial charge in [0.25, 0.3) is 5.56 Å². The number of benzene rings is 1. The second-order valence-electron chi connectivity index (χ2n) is 8.53. The molecule has 0 aliphatic carbocycles. The summed E-state index contributed by atoms with van der Waals surface area (Å²) in [6.45, 7) is -0.871. The number of fused-ring (bicyclic) bond motifs is 1. The number of alkyl halides is 5. The Balaban J connectivity index is 1.41. The van der Waals surface area contributed by atoms with Crippen molar-refractivity contribution in [2.75, 3.05) is 18.0 Å². The molecule has 1 aliphatic heterocycles. The average Bonchev–Trinajstić information content (AvgIpc) is 3.32. The number of H-pyrrole nitrogens is 2. The summed E-state index contributed by atoms with van der Waals surface area (Å²) in [6.07, 6.45) is -3.74. The number of rotatable bonds is 5. The Kier molecular flexibility index (Phi) is 5.72. The number of hydrogen-bond donors (Lipinski definition) is 2. The van der Waals surface area contributed by atoms with Crippen LogP contribution in [0.4, 0.5) is 27.8 Å². The lowest BCUT2D eigenvalue weighted by molar-refractivity contribution is -0.141. The topological polar surface area (TPSA) is 122 Å². The number of aryl methyl sites for hydroxylation is 1. The maximum atomic E-state index is 14.9. The molecular weight excluding hydrogens is 505 g/mol. The summed E-state index contributed by atoms with van der Waals surface area (Å²) in [7, 11) is 0. The van der Waals surface area contributed by atoms with Gasteiger partial charge in [0.05, 0.1) is 36.1 Å². The van der Waals surface area contributed by atoms with E-state index in [1.165, 1.54) is 42.3 Å². The van der Waals surface area contributed by atoms with E-state index in [-0.39, 0.29) is 40.7 Å². The first-order valence-electron chi connectivity index (χ1n) is 10.9. The molecule has 0 spiro atoms. The van der Waals surface area contributed by atoms with E-state index in [1.807, 2.05) is 0 Å². The molecule has 3 aromatic heterocycles. The van der Waals surface area contributed by atoms with Crippen LogP contribution in [0.5, 0.6) is 5.75 Å². The van der Waals surface area contributed by atoms with Gasteiger partial charge in [-0.2, -0.15) is 18.3 Å². The average molecular weight is 523 g/mol. The zero-order valence-electron chi connectivity index (χ0n) is 19.0. The fraction of sp³-hybridized carbons (Fsp3) is 0.318. The highest BCUT2D eigenvalue weighted by atomic mass is 19.4. The number of aromatic amines is 2. The van der Waals surface area contributed by atoms with E-state index >= 15 is 0 Å². The molecule has 0 saturated carbocycles. The molecule has 2 N–H and O–H groups in total. The minimum atomic E-state index is -4.51. The van der Waals surface area contributed by atoms with Gasteiger partial charge in [0.1, 0.15) is 23.9 Å². The number of halogens is 5. The molecule has 0 amide bonds. The van der Waals surface area contributed by atoms with Gasteiger partial charge in [0.2, 0.25) is 0 Å². The zero-order valence-corrected chi connectivity index (χ0v) is 19.0. The number of aromatic nitrogens is 6. The van der Waals surface area contributed by atoms with Crippen LogP contribution in [0, 0.1) is 6.92 Å². The quantitative estimate of drug-likeness (QED) is 0.386. The molecule has 10 nitrogen and oxygen atoms in total. The van der Waals surface area contributed by atoms with Crippen LogP contribution >= 0.6 is 0 Å². The van der Waals surface area contributed by atoms with Crippen molar-refractivity contribution in [2.45, 2.75) is 31.7 Å². The Labute approximate surface area is 203 Å². The Morgan fingerprint density at radius 1 is 1.19 bits per heavy atom. The normalized spacial score (nSPS) is 17.5. The summed E-state index contributed by atoms with van der Waals surface area (Å²) in [6, 6.07) is 5.41. The standard InChI is InChI=1S/C22H18F5N7O3/c1-11-30-15(14-7-28-20(36)32-19(14)35)5-18(31-11)33-8-17(21(23,24)9-33)37-13-3-2-12-6-29-34(16(12)4-13)10-22(25,26)27/h2-7,17H,8-10H2,1H3,(H2,28,32,35,36). The van der Waals surface area contributed by atoms with Crippen LogP contribution in [0.3, 0.4) is 0 Å². The van der Waals surface area contributed by atoms with E-state index in [1.54, 1.807) is 0 Å². The lowest BCUT2D eigenvalue weighted by Crippen LogP contribution is -2.36. The molecule has 1 saturated heterocycles. The smallest absolute Gasteiger partial charge is 0.408 e. The van der Waals surface area contributed by atoms with Crippen LogP contribution in [0.25, 0.3) is 22.2 Å².